The van der Waals surface area contributed by atoms with Crippen LogP contribution in [0.3, 0.4) is 0 Å². The lowest BCUT2D eigenvalue weighted by molar-refractivity contribution is -0.385. The van der Waals surface area contributed by atoms with E-state index in [9.17, 15) is 20.0 Å². The average molecular weight is 364 g/mol. The van der Waals surface area contributed by atoms with Gasteiger partial charge in [0.25, 0.3) is 0 Å². The zero-order valence-corrected chi connectivity index (χ0v) is 14.4. The molecule has 1 heterocycles. The van der Waals surface area contributed by atoms with Gasteiger partial charge in [0.05, 0.1) is 29.9 Å². The molecule has 2 N–H and O–H groups in total. The van der Waals surface area contributed by atoms with Crippen molar-refractivity contribution >= 4 is 34.3 Å². The van der Waals surface area contributed by atoms with Gasteiger partial charge in [0.1, 0.15) is 0 Å². The molecule has 25 heavy (non-hydrogen) atoms. The second kappa shape index (κ2) is 8.20. The minimum absolute atomic E-state index is 0.0700. The molecule has 1 aromatic carbocycles. The number of anilines is 1. The number of phenolic OH excluding ortho intramolecular Hbond substituents is 1. The van der Waals surface area contributed by atoms with Crippen molar-refractivity contribution in [3.63, 3.8) is 0 Å². The molecule has 0 aliphatic carbocycles. The van der Waals surface area contributed by atoms with Crippen LogP contribution in [-0.2, 0) is 16.0 Å². The van der Waals surface area contributed by atoms with Crippen LogP contribution in [0.25, 0.3) is 0 Å². The number of aryl methyl sites for hydroxylation is 1. The molecule has 0 unspecified atom stereocenters. The third-order valence-corrected chi connectivity index (χ3v) is 3.80. The molecule has 10 heteroatoms. The van der Waals surface area contributed by atoms with Crippen molar-refractivity contribution < 1.29 is 19.6 Å². The van der Waals surface area contributed by atoms with Crippen molar-refractivity contribution in [2.24, 2.45) is 5.10 Å². The first kappa shape index (κ1) is 18.3. The topological polar surface area (TPSA) is 127 Å². The van der Waals surface area contributed by atoms with Gasteiger partial charge in [-0.05, 0) is 25.5 Å². The summed E-state index contributed by atoms with van der Waals surface area (Å²) < 4.78 is 4.84. The number of nitro groups is 1. The molecule has 1 aromatic heterocycles. The number of hydrogen-bond acceptors (Lipinski definition) is 9. The summed E-state index contributed by atoms with van der Waals surface area (Å²) >= 11 is 1.25. The average Bonchev–Trinajstić information content (AvgIpc) is 2.97. The highest BCUT2D eigenvalue weighted by Crippen LogP contribution is 2.30. The Morgan fingerprint density at radius 2 is 2.32 bits per heavy atom. The Labute approximate surface area is 147 Å². The minimum Gasteiger partial charge on any atom is -0.502 e. The van der Waals surface area contributed by atoms with Crippen molar-refractivity contribution in [3.05, 3.63) is 44.4 Å². The van der Waals surface area contributed by atoms with Gasteiger partial charge in [-0.25, -0.2) is 4.98 Å². The molecule has 0 atom stereocenters. The lowest BCUT2D eigenvalue weighted by atomic mass is 10.1. The summed E-state index contributed by atoms with van der Waals surface area (Å²) in [4.78, 5) is 25.8. The number of carbonyl (C=O) groups is 1. The Balaban J connectivity index is 2.06. The maximum absolute atomic E-state index is 11.4. The van der Waals surface area contributed by atoms with Gasteiger partial charge >= 0.3 is 11.7 Å². The number of aromatic hydroxyl groups is 1. The van der Waals surface area contributed by atoms with Crippen molar-refractivity contribution in [2.45, 2.75) is 20.3 Å². The zero-order chi connectivity index (χ0) is 18.4. The molecular formula is C15H16N4O5S. The quantitative estimate of drug-likeness (QED) is 0.334. The lowest BCUT2D eigenvalue weighted by Gasteiger charge is -2.02. The fraction of sp³-hybridized carbons (Fsp3) is 0.267. The molecule has 0 saturated heterocycles. The predicted molar refractivity (Wildman–Crippen MR) is 93.2 cm³/mol. The van der Waals surface area contributed by atoms with Crippen LogP contribution in [0.2, 0.25) is 0 Å². The molecule has 0 amide bonds. The van der Waals surface area contributed by atoms with E-state index in [1.54, 1.807) is 25.3 Å². The van der Waals surface area contributed by atoms with Gasteiger partial charge in [0.2, 0.25) is 10.9 Å². The van der Waals surface area contributed by atoms with Gasteiger partial charge in [0.15, 0.2) is 0 Å². The molecular weight excluding hydrogens is 348 g/mol. The number of ether oxygens (including phenoxy) is 1. The highest BCUT2D eigenvalue weighted by atomic mass is 32.1. The highest BCUT2D eigenvalue weighted by molar-refractivity contribution is 7.13. The van der Waals surface area contributed by atoms with E-state index in [2.05, 4.69) is 15.5 Å². The molecule has 0 bridgehead atoms. The smallest absolute Gasteiger partial charge is 0.311 e. The molecule has 132 valence electrons. The second-order valence-corrected chi connectivity index (χ2v) is 5.83. The van der Waals surface area contributed by atoms with E-state index in [1.807, 2.05) is 0 Å². The first-order chi connectivity index (χ1) is 11.9. The fourth-order valence-electron chi connectivity index (χ4n) is 1.98. The van der Waals surface area contributed by atoms with Gasteiger partial charge in [-0.2, -0.15) is 5.10 Å². The van der Waals surface area contributed by atoms with Gasteiger partial charge < -0.3 is 9.84 Å². The summed E-state index contributed by atoms with van der Waals surface area (Å²) in [5.74, 6) is -0.817. The largest absolute Gasteiger partial charge is 0.502 e. The summed E-state index contributed by atoms with van der Waals surface area (Å²) in [6.07, 6.45) is 1.34. The number of rotatable bonds is 7. The van der Waals surface area contributed by atoms with Crippen LogP contribution < -0.4 is 5.43 Å². The Kier molecular flexibility index (Phi) is 6.01. The number of thiazole rings is 1. The van der Waals surface area contributed by atoms with Crippen LogP contribution in [0.1, 0.15) is 23.7 Å². The number of nitrogens with one attached hydrogen (secondary N) is 1. The normalized spacial score (nSPS) is 10.8. The molecule has 0 saturated carbocycles. The van der Waals surface area contributed by atoms with Gasteiger partial charge in [-0.15, -0.1) is 11.3 Å². The summed E-state index contributed by atoms with van der Waals surface area (Å²) in [7, 11) is 0. The fourth-order valence-corrected chi connectivity index (χ4v) is 2.64. The van der Waals surface area contributed by atoms with Gasteiger partial charge in [-0.3, -0.25) is 20.3 Å². The Morgan fingerprint density at radius 3 is 3.00 bits per heavy atom. The van der Waals surface area contributed by atoms with Crippen LogP contribution in [0.4, 0.5) is 10.8 Å². The Bertz CT molecular complexity index is 818. The minimum atomic E-state index is -0.657. The SMILES string of the molecule is CCOC(=O)Cc1csc(NN=Cc2cc(C)cc([N+](=O)[O-])c2O)n1. The number of phenols is 1. The molecule has 0 radical (unpaired) electrons. The van der Waals surface area contributed by atoms with Gasteiger partial charge in [-0.1, -0.05) is 0 Å². The Morgan fingerprint density at radius 1 is 1.56 bits per heavy atom. The van der Waals surface area contributed by atoms with Crippen LogP contribution in [-0.4, -0.2) is 33.8 Å². The van der Waals surface area contributed by atoms with E-state index in [-0.39, 0.29) is 23.6 Å². The molecule has 0 fully saturated rings. The van der Waals surface area contributed by atoms with E-state index in [1.165, 1.54) is 23.6 Å². The standard InChI is InChI=1S/C15H16N4O5S/c1-3-24-13(20)6-11-8-25-15(17-11)18-16-7-10-4-9(2)5-12(14(10)21)19(22)23/h4-5,7-8,21H,3,6H2,1-2H3,(H,17,18). The lowest BCUT2D eigenvalue weighted by Crippen LogP contribution is -2.07. The number of aromatic nitrogens is 1. The summed E-state index contributed by atoms with van der Waals surface area (Å²) in [5.41, 5.74) is 3.66. The van der Waals surface area contributed by atoms with Crippen LogP contribution in [0.5, 0.6) is 5.75 Å². The van der Waals surface area contributed by atoms with Crippen molar-refractivity contribution in [1.29, 1.82) is 0 Å². The number of hydrogen-bond donors (Lipinski definition) is 2. The molecule has 0 aliphatic heterocycles. The highest BCUT2D eigenvalue weighted by Gasteiger charge is 2.17. The summed E-state index contributed by atoms with van der Waals surface area (Å²) in [5, 5.41) is 26.9. The molecule has 2 rings (SSSR count). The number of nitrogens with zero attached hydrogens (tertiary/aromatic N) is 3. The number of benzene rings is 1. The van der Waals surface area contributed by atoms with Crippen molar-refractivity contribution in [3.8, 4) is 5.75 Å². The predicted octanol–water partition coefficient (Wildman–Crippen LogP) is 2.62. The maximum Gasteiger partial charge on any atom is 0.311 e. The van der Waals surface area contributed by atoms with Crippen LogP contribution in [0, 0.1) is 17.0 Å². The monoisotopic (exact) mass is 364 g/mol. The number of carbonyl (C=O) groups excluding carboxylic acids is 1. The van der Waals surface area contributed by atoms with E-state index in [0.29, 0.717) is 23.0 Å². The summed E-state index contributed by atoms with van der Waals surface area (Å²) in [6.45, 7) is 3.72. The number of hydrazone groups is 1. The number of nitro benzene ring substituents is 1. The number of esters is 1. The van der Waals surface area contributed by atoms with Crippen LogP contribution >= 0.6 is 11.3 Å². The first-order valence-electron chi connectivity index (χ1n) is 7.27. The zero-order valence-electron chi connectivity index (χ0n) is 13.6. The first-order valence-corrected chi connectivity index (χ1v) is 8.15. The third-order valence-electron chi connectivity index (χ3n) is 3.01. The second-order valence-electron chi connectivity index (χ2n) is 4.97. The maximum atomic E-state index is 11.4. The molecule has 9 nitrogen and oxygen atoms in total. The van der Waals surface area contributed by atoms with E-state index < -0.39 is 10.7 Å². The van der Waals surface area contributed by atoms with Crippen molar-refractivity contribution in [2.75, 3.05) is 12.0 Å². The molecule has 0 spiro atoms. The van der Waals surface area contributed by atoms with E-state index >= 15 is 0 Å². The third kappa shape index (κ3) is 4.98. The van der Waals surface area contributed by atoms with Crippen molar-refractivity contribution in [1.82, 2.24) is 4.98 Å². The molecule has 0 aliphatic rings. The van der Waals surface area contributed by atoms with Crippen LogP contribution in [0.15, 0.2) is 22.6 Å². The van der Waals surface area contributed by atoms with E-state index in [0.717, 1.165) is 0 Å². The summed E-state index contributed by atoms with van der Waals surface area (Å²) in [6, 6.07) is 2.85. The Hall–Kier alpha value is -3.01. The van der Waals surface area contributed by atoms with Gasteiger partial charge in [0, 0.05) is 17.0 Å². The molecule has 2 aromatic rings. The van der Waals surface area contributed by atoms with E-state index in [4.69, 9.17) is 4.74 Å².